The van der Waals surface area contributed by atoms with Crippen LogP contribution in [0.2, 0.25) is 5.02 Å². The number of benzene rings is 2. The van der Waals surface area contributed by atoms with Gasteiger partial charge in [0, 0.05) is 16.8 Å². The molecule has 0 unspecified atom stereocenters. The number of carbonyl (C=O) groups is 1. The number of urea groups is 1. The minimum atomic E-state index is -0.560. The summed E-state index contributed by atoms with van der Waals surface area (Å²) in [6.45, 7) is 0. The largest absolute Gasteiger partial charge is 0.337 e. The molecule has 0 aliphatic rings. The van der Waals surface area contributed by atoms with Crippen LogP contribution in [0.25, 0.3) is 0 Å². The van der Waals surface area contributed by atoms with Gasteiger partial charge in [-0.2, -0.15) is 0 Å². The fraction of sp³-hybridized carbons (Fsp3) is 0. The Kier molecular flexibility index (Phi) is 4.57. The number of hydrogen-bond acceptors (Lipinski definition) is 4. The van der Waals surface area contributed by atoms with Crippen molar-refractivity contribution < 1.29 is 9.72 Å². The lowest BCUT2D eigenvalue weighted by atomic mass is 10.3. The summed E-state index contributed by atoms with van der Waals surface area (Å²) in [5.74, 6) is 0. The quantitative estimate of drug-likeness (QED) is 0.596. The first-order chi connectivity index (χ1) is 10.1. The zero-order valence-electron chi connectivity index (χ0n) is 10.7. The molecule has 2 rings (SSSR count). The summed E-state index contributed by atoms with van der Waals surface area (Å²) in [5.41, 5.74) is 5.41. The highest BCUT2D eigenvalue weighted by molar-refractivity contribution is 6.30. The lowest BCUT2D eigenvalue weighted by molar-refractivity contribution is -0.384. The van der Waals surface area contributed by atoms with Crippen LogP contribution >= 0.6 is 11.6 Å². The third-order valence-electron chi connectivity index (χ3n) is 2.51. The first kappa shape index (κ1) is 14.6. The molecule has 2 amide bonds. The van der Waals surface area contributed by atoms with Crippen molar-refractivity contribution in [2.75, 3.05) is 10.7 Å². The maximum absolute atomic E-state index is 11.7. The van der Waals surface area contributed by atoms with Crippen LogP contribution in [0.5, 0.6) is 0 Å². The van der Waals surface area contributed by atoms with Gasteiger partial charge in [0.25, 0.3) is 5.69 Å². The van der Waals surface area contributed by atoms with E-state index in [0.29, 0.717) is 10.7 Å². The molecule has 0 aliphatic heterocycles. The van der Waals surface area contributed by atoms with Crippen molar-refractivity contribution in [1.82, 2.24) is 5.43 Å². The summed E-state index contributed by atoms with van der Waals surface area (Å²) in [6.07, 6.45) is 0. The monoisotopic (exact) mass is 306 g/mol. The second kappa shape index (κ2) is 6.58. The highest BCUT2D eigenvalue weighted by Gasteiger charge is 2.12. The number of carbonyl (C=O) groups excluding carboxylic acids is 1. The van der Waals surface area contributed by atoms with Crippen molar-refractivity contribution in [3.63, 3.8) is 0 Å². The molecule has 0 heterocycles. The van der Waals surface area contributed by atoms with Crippen LogP contribution in [0.3, 0.4) is 0 Å². The van der Waals surface area contributed by atoms with E-state index in [4.69, 9.17) is 11.6 Å². The minimum absolute atomic E-state index is 0.135. The van der Waals surface area contributed by atoms with Gasteiger partial charge in [-0.05, 0) is 30.3 Å². The second-order valence-corrected chi connectivity index (χ2v) is 4.42. The lowest BCUT2D eigenvalue weighted by Gasteiger charge is -2.10. The molecule has 2 aromatic rings. The number of nitrogens with zero attached hydrogens (tertiary/aromatic N) is 1. The molecular weight excluding hydrogens is 296 g/mol. The van der Waals surface area contributed by atoms with E-state index < -0.39 is 11.0 Å². The van der Waals surface area contributed by atoms with Gasteiger partial charge in [0.05, 0.1) is 4.92 Å². The molecule has 0 aromatic heterocycles. The first-order valence-electron chi connectivity index (χ1n) is 5.88. The Labute approximate surface area is 125 Å². The Balaban J connectivity index is 1.95. The van der Waals surface area contributed by atoms with Crippen LogP contribution < -0.4 is 16.2 Å². The number of anilines is 2. The summed E-state index contributed by atoms with van der Waals surface area (Å²) in [5, 5.41) is 13.9. The van der Waals surface area contributed by atoms with Crippen LogP contribution in [0.1, 0.15) is 0 Å². The van der Waals surface area contributed by atoms with Crippen LogP contribution in [-0.4, -0.2) is 11.0 Å². The smallest absolute Gasteiger partial charge is 0.307 e. The fourth-order valence-electron chi connectivity index (χ4n) is 1.56. The number of nitro benzene ring substituents is 1. The summed E-state index contributed by atoms with van der Waals surface area (Å²) >= 11 is 5.73. The van der Waals surface area contributed by atoms with Crippen LogP contribution in [0, 0.1) is 10.1 Å². The Hall–Kier alpha value is -2.80. The highest BCUT2D eigenvalue weighted by atomic mass is 35.5. The van der Waals surface area contributed by atoms with E-state index in [9.17, 15) is 14.9 Å². The predicted octanol–water partition coefficient (Wildman–Crippen LogP) is 3.40. The number of halogens is 1. The van der Waals surface area contributed by atoms with Crippen molar-refractivity contribution in [3.8, 4) is 0 Å². The van der Waals surface area contributed by atoms with E-state index in [2.05, 4.69) is 16.2 Å². The van der Waals surface area contributed by atoms with Gasteiger partial charge in [-0.15, -0.1) is 0 Å². The molecule has 0 radical (unpaired) electrons. The molecule has 0 saturated heterocycles. The summed E-state index contributed by atoms with van der Waals surface area (Å²) < 4.78 is 0. The summed E-state index contributed by atoms with van der Waals surface area (Å²) in [7, 11) is 0. The van der Waals surface area contributed by atoms with Gasteiger partial charge in [-0.3, -0.25) is 21.0 Å². The molecular formula is C13H11ClN4O3. The topological polar surface area (TPSA) is 96.3 Å². The van der Waals surface area contributed by atoms with Crippen molar-refractivity contribution in [1.29, 1.82) is 0 Å². The average molecular weight is 307 g/mol. The Bertz CT molecular complexity index is 661. The SMILES string of the molecule is O=C(NNc1ccccc1[N+](=O)[O-])Nc1ccc(Cl)cc1. The number of amides is 2. The number of para-hydroxylation sites is 2. The summed E-state index contributed by atoms with van der Waals surface area (Å²) in [6, 6.07) is 11.9. The van der Waals surface area contributed by atoms with E-state index in [0.717, 1.165) is 0 Å². The maximum atomic E-state index is 11.7. The third kappa shape index (κ3) is 4.08. The van der Waals surface area contributed by atoms with Crippen LogP contribution in [0.4, 0.5) is 21.9 Å². The standard InChI is InChI=1S/C13H11ClN4O3/c14-9-5-7-10(8-6-9)15-13(19)17-16-11-3-1-2-4-12(11)18(20)21/h1-8,16H,(H2,15,17,19). The zero-order valence-corrected chi connectivity index (χ0v) is 11.4. The van der Waals surface area contributed by atoms with E-state index >= 15 is 0 Å². The molecule has 7 nitrogen and oxygen atoms in total. The number of hydrogen-bond donors (Lipinski definition) is 3. The van der Waals surface area contributed by atoms with Gasteiger partial charge in [0.1, 0.15) is 5.69 Å². The average Bonchev–Trinajstić information content (AvgIpc) is 2.48. The molecule has 0 bridgehead atoms. The molecule has 0 fully saturated rings. The van der Waals surface area contributed by atoms with Gasteiger partial charge < -0.3 is 5.32 Å². The predicted molar refractivity (Wildman–Crippen MR) is 80.3 cm³/mol. The fourth-order valence-corrected chi connectivity index (χ4v) is 1.68. The molecule has 8 heteroatoms. The van der Waals surface area contributed by atoms with Gasteiger partial charge >= 0.3 is 6.03 Å². The van der Waals surface area contributed by atoms with Crippen molar-refractivity contribution in [2.24, 2.45) is 0 Å². The van der Waals surface area contributed by atoms with E-state index in [-0.39, 0.29) is 11.4 Å². The summed E-state index contributed by atoms with van der Waals surface area (Å²) in [4.78, 5) is 21.9. The molecule has 2 aromatic carbocycles. The van der Waals surface area contributed by atoms with Crippen molar-refractivity contribution in [3.05, 3.63) is 63.7 Å². The molecule has 0 aliphatic carbocycles. The van der Waals surface area contributed by atoms with E-state index in [1.165, 1.54) is 18.2 Å². The van der Waals surface area contributed by atoms with E-state index in [1.54, 1.807) is 30.3 Å². The highest BCUT2D eigenvalue weighted by Crippen LogP contribution is 2.22. The van der Waals surface area contributed by atoms with Crippen LogP contribution in [-0.2, 0) is 0 Å². The molecule has 0 atom stereocenters. The zero-order chi connectivity index (χ0) is 15.2. The number of rotatable bonds is 4. The molecule has 21 heavy (non-hydrogen) atoms. The van der Waals surface area contributed by atoms with E-state index in [1.807, 2.05) is 0 Å². The number of hydrazine groups is 1. The first-order valence-corrected chi connectivity index (χ1v) is 6.26. The minimum Gasteiger partial charge on any atom is -0.307 e. The third-order valence-corrected chi connectivity index (χ3v) is 2.77. The number of nitro groups is 1. The Morgan fingerprint density at radius 1 is 1.10 bits per heavy atom. The maximum Gasteiger partial charge on any atom is 0.337 e. The normalized spacial score (nSPS) is 9.76. The van der Waals surface area contributed by atoms with Crippen molar-refractivity contribution in [2.45, 2.75) is 0 Å². The number of nitrogens with one attached hydrogen (secondary N) is 3. The molecule has 3 N–H and O–H groups in total. The van der Waals surface area contributed by atoms with Gasteiger partial charge in [-0.1, -0.05) is 23.7 Å². The van der Waals surface area contributed by atoms with Gasteiger partial charge in [0.2, 0.25) is 0 Å². The Morgan fingerprint density at radius 3 is 2.43 bits per heavy atom. The van der Waals surface area contributed by atoms with Gasteiger partial charge in [-0.25, -0.2) is 4.79 Å². The second-order valence-electron chi connectivity index (χ2n) is 3.99. The van der Waals surface area contributed by atoms with Crippen LogP contribution in [0.15, 0.2) is 48.5 Å². The molecule has 108 valence electrons. The lowest BCUT2D eigenvalue weighted by Crippen LogP contribution is -2.33. The van der Waals surface area contributed by atoms with Gasteiger partial charge in [0.15, 0.2) is 0 Å². The van der Waals surface area contributed by atoms with Crippen molar-refractivity contribution >= 4 is 34.7 Å². The Morgan fingerprint density at radius 2 is 1.76 bits per heavy atom. The molecule has 0 saturated carbocycles. The molecule has 0 spiro atoms.